The van der Waals surface area contributed by atoms with Crippen LogP contribution in [-0.4, -0.2) is 16.7 Å². The molecule has 0 aliphatic heterocycles. The number of nitrogens with zero attached hydrogens (tertiary/aromatic N) is 1. The van der Waals surface area contributed by atoms with Crippen LogP contribution in [0, 0.1) is 17.0 Å². The summed E-state index contributed by atoms with van der Waals surface area (Å²) < 4.78 is 0.269. The smallest absolute Gasteiger partial charge is 0.284 e. The highest BCUT2D eigenvalue weighted by Gasteiger charge is 2.24. The van der Waals surface area contributed by atoms with Crippen LogP contribution in [0.4, 0.5) is 10.7 Å². The molecule has 0 unspecified atom stereocenters. The minimum atomic E-state index is -0.666. The van der Waals surface area contributed by atoms with Crippen molar-refractivity contribution in [2.24, 2.45) is 5.73 Å². The summed E-state index contributed by atoms with van der Waals surface area (Å²) in [4.78, 5) is 36.1. The SMILES string of the molecule is Cc1sc(NC(=O)c2ccc(Br)c([N+](=O)[O-])c2)c(C(N)=O)c1-c1ccccc1. The molecule has 9 heteroatoms. The fourth-order valence-corrected chi connectivity index (χ4v) is 4.26. The van der Waals surface area contributed by atoms with E-state index in [1.165, 1.54) is 29.5 Å². The van der Waals surface area contributed by atoms with Gasteiger partial charge in [-0.15, -0.1) is 11.3 Å². The molecule has 3 aromatic rings. The zero-order chi connectivity index (χ0) is 20.4. The van der Waals surface area contributed by atoms with Gasteiger partial charge in [0, 0.05) is 22.1 Å². The van der Waals surface area contributed by atoms with Gasteiger partial charge in [0.2, 0.25) is 0 Å². The lowest BCUT2D eigenvalue weighted by atomic mass is 10.0. The highest BCUT2D eigenvalue weighted by atomic mass is 79.9. The van der Waals surface area contributed by atoms with Gasteiger partial charge in [-0.1, -0.05) is 30.3 Å². The van der Waals surface area contributed by atoms with E-state index in [0.717, 1.165) is 10.4 Å². The lowest BCUT2D eigenvalue weighted by molar-refractivity contribution is -0.385. The fraction of sp³-hybridized carbons (Fsp3) is 0.0526. The van der Waals surface area contributed by atoms with Crippen molar-refractivity contribution >= 4 is 49.8 Å². The number of rotatable bonds is 5. The molecule has 0 aliphatic carbocycles. The van der Waals surface area contributed by atoms with Gasteiger partial charge in [-0.2, -0.15) is 0 Å². The molecule has 7 nitrogen and oxygen atoms in total. The van der Waals surface area contributed by atoms with Gasteiger partial charge in [0.15, 0.2) is 0 Å². The van der Waals surface area contributed by atoms with E-state index in [1.807, 2.05) is 37.3 Å². The minimum absolute atomic E-state index is 0.0950. The molecule has 3 N–H and O–H groups in total. The Morgan fingerprint density at radius 1 is 1.18 bits per heavy atom. The predicted molar refractivity (Wildman–Crippen MR) is 112 cm³/mol. The number of carbonyl (C=O) groups excluding carboxylic acids is 2. The largest absolute Gasteiger partial charge is 0.365 e. The third-order valence-corrected chi connectivity index (χ3v) is 5.72. The van der Waals surface area contributed by atoms with Crippen LogP contribution in [0.2, 0.25) is 0 Å². The van der Waals surface area contributed by atoms with Crippen LogP contribution < -0.4 is 11.1 Å². The molecular formula is C19H14BrN3O4S. The van der Waals surface area contributed by atoms with Gasteiger partial charge in [-0.3, -0.25) is 19.7 Å². The molecule has 0 fully saturated rings. The van der Waals surface area contributed by atoms with Gasteiger partial charge in [0.05, 0.1) is 15.0 Å². The first kappa shape index (κ1) is 19.7. The van der Waals surface area contributed by atoms with E-state index in [4.69, 9.17) is 5.73 Å². The molecule has 28 heavy (non-hydrogen) atoms. The average Bonchev–Trinajstić information content (AvgIpc) is 2.98. The number of nitro benzene ring substituents is 1. The van der Waals surface area contributed by atoms with Crippen molar-refractivity contribution in [1.82, 2.24) is 0 Å². The summed E-state index contributed by atoms with van der Waals surface area (Å²) in [7, 11) is 0. The number of anilines is 1. The van der Waals surface area contributed by atoms with Crippen LogP contribution >= 0.6 is 27.3 Å². The molecule has 142 valence electrons. The Morgan fingerprint density at radius 2 is 1.86 bits per heavy atom. The Labute approximate surface area is 172 Å². The van der Waals surface area contributed by atoms with Crippen molar-refractivity contribution in [2.75, 3.05) is 5.32 Å². The highest BCUT2D eigenvalue weighted by Crippen LogP contribution is 2.40. The maximum absolute atomic E-state index is 12.6. The topological polar surface area (TPSA) is 115 Å². The van der Waals surface area contributed by atoms with Gasteiger partial charge in [0.1, 0.15) is 5.00 Å². The lowest BCUT2D eigenvalue weighted by Gasteiger charge is -2.07. The molecule has 1 heterocycles. The first-order chi connectivity index (χ1) is 13.3. The van der Waals surface area contributed by atoms with E-state index in [9.17, 15) is 19.7 Å². The number of carbonyl (C=O) groups is 2. The van der Waals surface area contributed by atoms with Crippen LogP contribution in [0.15, 0.2) is 53.0 Å². The van der Waals surface area contributed by atoms with Crippen LogP contribution in [0.5, 0.6) is 0 Å². The van der Waals surface area contributed by atoms with Crippen molar-refractivity contribution in [2.45, 2.75) is 6.92 Å². The van der Waals surface area contributed by atoms with Gasteiger partial charge >= 0.3 is 0 Å². The summed E-state index contributed by atoms with van der Waals surface area (Å²) >= 11 is 4.31. The van der Waals surface area contributed by atoms with E-state index in [2.05, 4.69) is 21.2 Å². The monoisotopic (exact) mass is 459 g/mol. The summed E-state index contributed by atoms with van der Waals surface area (Å²) in [6.45, 7) is 1.83. The molecule has 0 atom stereocenters. The minimum Gasteiger partial charge on any atom is -0.365 e. The summed E-state index contributed by atoms with van der Waals surface area (Å²) in [5.41, 5.74) is 7.14. The maximum Gasteiger partial charge on any atom is 0.284 e. The maximum atomic E-state index is 12.6. The number of halogens is 1. The number of nitrogens with one attached hydrogen (secondary N) is 1. The molecule has 0 radical (unpaired) electrons. The van der Waals surface area contributed by atoms with Crippen molar-refractivity contribution in [3.8, 4) is 11.1 Å². The Hall–Kier alpha value is -3.04. The number of amides is 2. The van der Waals surface area contributed by atoms with Crippen molar-refractivity contribution in [3.63, 3.8) is 0 Å². The third kappa shape index (κ3) is 3.80. The number of nitrogens with two attached hydrogens (primary N) is 1. The number of hydrogen-bond donors (Lipinski definition) is 2. The number of nitro groups is 1. The first-order valence-corrected chi connectivity index (χ1v) is 9.64. The first-order valence-electron chi connectivity index (χ1n) is 8.03. The Bertz CT molecular complexity index is 1100. The molecule has 3 rings (SSSR count). The zero-order valence-electron chi connectivity index (χ0n) is 14.6. The van der Waals surface area contributed by atoms with Crippen LogP contribution in [0.1, 0.15) is 25.6 Å². The summed E-state index contributed by atoms with van der Waals surface area (Å²) in [6.07, 6.45) is 0. The zero-order valence-corrected chi connectivity index (χ0v) is 17.0. The number of primary amides is 1. The molecule has 0 aliphatic rings. The molecule has 0 spiro atoms. The molecule has 0 bridgehead atoms. The van der Waals surface area contributed by atoms with Gasteiger partial charge in [-0.25, -0.2) is 0 Å². The van der Waals surface area contributed by atoms with E-state index in [0.29, 0.717) is 10.6 Å². The molecule has 2 amide bonds. The predicted octanol–water partition coefficient (Wildman–Crippen LogP) is 4.75. The van der Waals surface area contributed by atoms with E-state index in [-0.39, 0.29) is 21.3 Å². The molecular weight excluding hydrogens is 446 g/mol. The second-order valence-corrected chi connectivity index (χ2v) is 7.92. The standard InChI is InChI=1S/C19H14BrN3O4S/c1-10-15(11-5-3-2-4-6-11)16(17(21)24)19(28-10)22-18(25)12-7-8-13(20)14(9-12)23(26)27/h2-9H,1H3,(H2,21,24)(H,22,25). The Balaban J connectivity index is 2.01. The third-order valence-electron chi connectivity index (χ3n) is 4.03. The van der Waals surface area contributed by atoms with Crippen LogP contribution in [0.3, 0.4) is 0 Å². The molecule has 0 saturated heterocycles. The Kier molecular flexibility index (Phi) is 5.57. The second-order valence-electron chi connectivity index (χ2n) is 5.85. The van der Waals surface area contributed by atoms with Gasteiger partial charge in [0.25, 0.3) is 17.5 Å². The van der Waals surface area contributed by atoms with E-state index < -0.39 is 16.7 Å². The van der Waals surface area contributed by atoms with Crippen LogP contribution in [-0.2, 0) is 0 Å². The summed E-state index contributed by atoms with van der Waals surface area (Å²) in [5, 5.41) is 14.1. The number of hydrogen-bond acceptors (Lipinski definition) is 5. The molecule has 1 aromatic heterocycles. The Morgan fingerprint density at radius 3 is 2.46 bits per heavy atom. The lowest BCUT2D eigenvalue weighted by Crippen LogP contribution is -2.17. The number of aryl methyl sites for hydroxylation is 1. The molecule has 2 aromatic carbocycles. The number of benzene rings is 2. The summed E-state index contributed by atoms with van der Waals surface area (Å²) in [6, 6.07) is 13.3. The quantitative estimate of drug-likeness (QED) is 0.423. The average molecular weight is 460 g/mol. The van der Waals surface area contributed by atoms with Crippen molar-refractivity contribution in [3.05, 3.63) is 79.1 Å². The number of thiophene rings is 1. The van der Waals surface area contributed by atoms with Crippen LogP contribution in [0.25, 0.3) is 11.1 Å². The van der Waals surface area contributed by atoms with Crippen molar-refractivity contribution in [1.29, 1.82) is 0 Å². The van der Waals surface area contributed by atoms with Gasteiger partial charge < -0.3 is 11.1 Å². The highest BCUT2D eigenvalue weighted by molar-refractivity contribution is 9.10. The normalized spacial score (nSPS) is 10.5. The second kappa shape index (κ2) is 7.91. The fourth-order valence-electron chi connectivity index (χ4n) is 2.79. The molecule has 0 saturated carbocycles. The van der Waals surface area contributed by atoms with E-state index in [1.54, 1.807) is 0 Å². The van der Waals surface area contributed by atoms with Gasteiger partial charge in [-0.05, 0) is 40.5 Å². The summed E-state index contributed by atoms with van der Waals surface area (Å²) in [5.74, 6) is -1.24. The van der Waals surface area contributed by atoms with E-state index >= 15 is 0 Å². The van der Waals surface area contributed by atoms with Crippen molar-refractivity contribution < 1.29 is 14.5 Å².